The van der Waals surface area contributed by atoms with Gasteiger partial charge in [-0.05, 0) is 42.2 Å². The van der Waals surface area contributed by atoms with E-state index in [1.807, 2.05) is 12.1 Å². The van der Waals surface area contributed by atoms with Crippen molar-refractivity contribution in [3.05, 3.63) is 65.5 Å². The Morgan fingerprint density at radius 3 is 2.29 bits per heavy atom. The number of carbonyl (C=O) groups excluding carboxylic acids is 1. The van der Waals surface area contributed by atoms with Gasteiger partial charge in [-0.3, -0.25) is 4.79 Å². The monoisotopic (exact) mass is 379 g/mol. The molecule has 0 aliphatic heterocycles. The van der Waals surface area contributed by atoms with Crippen LogP contribution >= 0.6 is 0 Å². The number of carbonyl (C=O) groups is 1. The van der Waals surface area contributed by atoms with Gasteiger partial charge in [0, 0.05) is 11.1 Å². The predicted octanol–water partition coefficient (Wildman–Crippen LogP) is 4.53. The molecule has 3 aromatic rings. The van der Waals surface area contributed by atoms with Crippen LogP contribution in [-0.4, -0.2) is 23.2 Å². The number of hydrogen-bond acceptors (Lipinski definition) is 5. The van der Waals surface area contributed by atoms with Crippen molar-refractivity contribution < 1.29 is 14.1 Å². The van der Waals surface area contributed by atoms with Gasteiger partial charge >= 0.3 is 0 Å². The van der Waals surface area contributed by atoms with Crippen LogP contribution in [0, 0.1) is 0 Å². The van der Waals surface area contributed by atoms with Gasteiger partial charge in [-0.2, -0.15) is 4.98 Å². The third-order valence-corrected chi connectivity index (χ3v) is 4.52. The van der Waals surface area contributed by atoms with Crippen LogP contribution in [0.15, 0.2) is 53.1 Å². The molecule has 1 heterocycles. The zero-order valence-corrected chi connectivity index (χ0v) is 16.8. The van der Waals surface area contributed by atoms with Crippen LogP contribution < -0.4 is 10.1 Å². The fourth-order valence-corrected chi connectivity index (χ4v) is 2.73. The number of benzene rings is 2. The maximum Gasteiger partial charge on any atom is 0.251 e. The Morgan fingerprint density at radius 1 is 1.07 bits per heavy atom. The van der Waals surface area contributed by atoms with Crippen LogP contribution in [0.5, 0.6) is 5.75 Å². The molecule has 1 amide bonds. The fraction of sp³-hybridized carbons (Fsp3) is 0.318. The molecule has 0 unspecified atom stereocenters. The molecular formula is C22H25N3O3. The molecule has 146 valence electrons. The van der Waals surface area contributed by atoms with E-state index in [1.54, 1.807) is 38.3 Å². The molecule has 1 aromatic heterocycles. The normalized spacial score (nSPS) is 12.5. The second-order valence-corrected chi connectivity index (χ2v) is 7.71. The van der Waals surface area contributed by atoms with Crippen molar-refractivity contribution in [2.45, 2.75) is 39.2 Å². The van der Waals surface area contributed by atoms with Gasteiger partial charge < -0.3 is 14.6 Å². The fourth-order valence-electron chi connectivity index (χ4n) is 2.73. The number of ether oxygens (including phenoxy) is 1. The van der Waals surface area contributed by atoms with Gasteiger partial charge in [0.15, 0.2) is 0 Å². The number of hydrogen-bond donors (Lipinski definition) is 1. The van der Waals surface area contributed by atoms with Crippen LogP contribution in [0.4, 0.5) is 0 Å². The summed E-state index contributed by atoms with van der Waals surface area (Å²) in [6, 6.07) is 14.6. The molecule has 0 fully saturated rings. The first-order valence-corrected chi connectivity index (χ1v) is 9.17. The zero-order valence-electron chi connectivity index (χ0n) is 16.8. The van der Waals surface area contributed by atoms with E-state index < -0.39 is 6.04 Å². The molecule has 0 aliphatic carbocycles. The van der Waals surface area contributed by atoms with Crippen molar-refractivity contribution in [3.63, 3.8) is 0 Å². The Morgan fingerprint density at radius 2 is 1.71 bits per heavy atom. The standard InChI is InChI=1S/C22H25N3O3/c1-14(23-20(26)16-8-12-18(27-5)13-9-16)21-24-19(25-28-21)15-6-10-17(11-7-15)22(2,3)4/h6-14H,1-5H3,(H,23,26)/t14-/m0/s1. The van der Waals surface area contributed by atoms with Gasteiger partial charge in [0.2, 0.25) is 11.7 Å². The number of methoxy groups -OCH3 is 1. The Hall–Kier alpha value is -3.15. The predicted molar refractivity (Wildman–Crippen MR) is 107 cm³/mol. The molecule has 2 aromatic carbocycles. The van der Waals surface area contributed by atoms with E-state index in [0.717, 1.165) is 5.56 Å². The summed E-state index contributed by atoms with van der Waals surface area (Å²) in [5.74, 6) is 1.34. The van der Waals surface area contributed by atoms with Crippen LogP contribution in [-0.2, 0) is 5.41 Å². The quantitative estimate of drug-likeness (QED) is 0.704. The van der Waals surface area contributed by atoms with E-state index in [0.29, 0.717) is 23.0 Å². The second-order valence-electron chi connectivity index (χ2n) is 7.71. The highest BCUT2D eigenvalue weighted by atomic mass is 16.5. The Kier molecular flexibility index (Phi) is 5.49. The van der Waals surface area contributed by atoms with Crippen molar-refractivity contribution >= 4 is 5.91 Å². The lowest BCUT2D eigenvalue weighted by atomic mass is 9.87. The number of nitrogens with one attached hydrogen (secondary N) is 1. The molecule has 0 bridgehead atoms. The molecule has 28 heavy (non-hydrogen) atoms. The summed E-state index contributed by atoms with van der Waals surface area (Å²) >= 11 is 0. The molecule has 0 spiro atoms. The lowest BCUT2D eigenvalue weighted by molar-refractivity contribution is 0.0932. The first-order chi connectivity index (χ1) is 13.3. The first-order valence-electron chi connectivity index (χ1n) is 9.17. The minimum Gasteiger partial charge on any atom is -0.497 e. The molecule has 6 nitrogen and oxygen atoms in total. The van der Waals surface area contributed by atoms with Crippen molar-refractivity contribution in [3.8, 4) is 17.1 Å². The van der Waals surface area contributed by atoms with Crippen molar-refractivity contribution in [2.24, 2.45) is 0 Å². The van der Waals surface area contributed by atoms with Gasteiger partial charge in [0.25, 0.3) is 5.91 Å². The molecule has 0 saturated carbocycles. The molecular weight excluding hydrogens is 354 g/mol. The number of amides is 1. The second kappa shape index (κ2) is 7.84. The smallest absolute Gasteiger partial charge is 0.251 e. The summed E-state index contributed by atoms with van der Waals surface area (Å²) in [7, 11) is 1.58. The lowest BCUT2D eigenvalue weighted by Gasteiger charge is -2.18. The average Bonchev–Trinajstić information content (AvgIpc) is 3.18. The van der Waals surface area contributed by atoms with Gasteiger partial charge in [-0.1, -0.05) is 50.2 Å². The summed E-state index contributed by atoms with van der Waals surface area (Å²) < 4.78 is 10.5. The minimum absolute atomic E-state index is 0.0845. The van der Waals surface area contributed by atoms with Crippen molar-refractivity contribution in [1.29, 1.82) is 0 Å². The van der Waals surface area contributed by atoms with E-state index in [-0.39, 0.29) is 11.3 Å². The lowest BCUT2D eigenvalue weighted by Crippen LogP contribution is -2.26. The molecule has 0 saturated heterocycles. The van der Waals surface area contributed by atoms with Gasteiger partial charge in [-0.15, -0.1) is 0 Å². The number of nitrogens with zero attached hydrogens (tertiary/aromatic N) is 2. The zero-order chi connectivity index (χ0) is 20.3. The first kappa shape index (κ1) is 19.6. The Balaban J connectivity index is 1.69. The number of aromatic nitrogens is 2. The molecule has 1 N–H and O–H groups in total. The molecule has 1 atom stereocenters. The van der Waals surface area contributed by atoms with Gasteiger partial charge in [0.1, 0.15) is 11.8 Å². The third-order valence-electron chi connectivity index (χ3n) is 4.52. The minimum atomic E-state index is -0.412. The average molecular weight is 379 g/mol. The van der Waals surface area contributed by atoms with Gasteiger partial charge in [-0.25, -0.2) is 0 Å². The molecule has 6 heteroatoms. The topological polar surface area (TPSA) is 77.2 Å². The third kappa shape index (κ3) is 4.39. The molecule has 3 rings (SSSR count). The maximum absolute atomic E-state index is 12.4. The highest BCUT2D eigenvalue weighted by Crippen LogP contribution is 2.25. The maximum atomic E-state index is 12.4. The van der Waals surface area contributed by atoms with Crippen molar-refractivity contribution in [2.75, 3.05) is 7.11 Å². The summed E-state index contributed by atoms with van der Waals surface area (Å²) in [6.07, 6.45) is 0. The van der Waals surface area contributed by atoms with Crippen LogP contribution in [0.1, 0.15) is 55.5 Å². The molecule has 0 aliphatic rings. The Labute approximate surface area is 164 Å². The van der Waals surface area contributed by atoms with E-state index >= 15 is 0 Å². The summed E-state index contributed by atoms with van der Waals surface area (Å²) in [6.45, 7) is 8.31. The largest absolute Gasteiger partial charge is 0.497 e. The van der Waals surface area contributed by atoms with Crippen molar-refractivity contribution in [1.82, 2.24) is 15.5 Å². The van der Waals surface area contributed by atoms with Crippen LogP contribution in [0.2, 0.25) is 0 Å². The van der Waals surface area contributed by atoms with E-state index in [9.17, 15) is 4.79 Å². The van der Waals surface area contributed by atoms with E-state index in [2.05, 4.69) is 48.4 Å². The van der Waals surface area contributed by atoms with Crippen LogP contribution in [0.3, 0.4) is 0 Å². The summed E-state index contributed by atoms with van der Waals surface area (Å²) in [5.41, 5.74) is 2.73. The Bertz CT molecular complexity index is 938. The van der Waals surface area contributed by atoms with E-state index in [1.165, 1.54) is 5.56 Å². The number of rotatable bonds is 5. The summed E-state index contributed by atoms with van der Waals surface area (Å²) in [5, 5.41) is 6.92. The SMILES string of the molecule is COc1ccc(C(=O)N[C@@H](C)c2nc(-c3ccc(C(C)(C)C)cc3)no2)cc1. The highest BCUT2D eigenvalue weighted by Gasteiger charge is 2.19. The van der Waals surface area contributed by atoms with E-state index in [4.69, 9.17) is 9.26 Å². The summed E-state index contributed by atoms with van der Waals surface area (Å²) in [4.78, 5) is 16.8. The molecule has 0 radical (unpaired) electrons. The van der Waals surface area contributed by atoms with Crippen LogP contribution in [0.25, 0.3) is 11.4 Å². The van der Waals surface area contributed by atoms with Gasteiger partial charge in [0.05, 0.1) is 7.11 Å². The highest BCUT2D eigenvalue weighted by molar-refractivity contribution is 5.94.